The lowest BCUT2D eigenvalue weighted by molar-refractivity contribution is -0.122. The molecule has 0 N–H and O–H groups in total. The summed E-state index contributed by atoms with van der Waals surface area (Å²) in [6, 6.07) is 21.7. The molecule has 1 saturated heterocycles. The molecule has 0 spiro atoms. The maximum Gasteiger partial charge on any atom is 0.267 e. The number of halogens is 1. The van der Waals surface area contributed by atoms with Crippen molar-refractivity contribution >= 4 is 34.6 Å². The Morgan fingerprint density at radius 3 is 2.59 bits per heavy atom. The number of amides is 1. The van der Waals surface area contributed by atoms with Crippen LogP contribution >= 0.6 is 11.8 Å². The van der Waals surface area contributed by atoms with E-state index >= 15 is 0 Å². The highest BCUT2D eigenvalue weighted by Gasteiger charge is 2.34. The van der Waals surface area contributed by atoms with Crippen LogP contribution in [0.5, 0.6) is 0 Å². The quantitative estimate of drug-likeness (QED) is 0.307. The second kappa shape index (κ2) is 9.19. The number of aliphatic imine (C=N–C) groups is 1. The van der Waals surface area contributed by atoms with Crippen molar-refractivity contribution in [3.63, 3.8) is 0 Å². The summed E-state index contributed by atoms with van der Waals surface area (Å²) in [7, 11) is 0. The number of nitrogens with zero attached hydrogens (tertiary/aromatic N) is 3. The fraction of sp³-hybridized carbons (Fsp3) is 0.111. The molecular formula is C27H22FN3O2S. The van der Waals surface area contributed by atoms with Crippen molar-refractivity contribution in [1.82, 2.24) is 9.47 Å². The Hall–Kier alpha value is -3.84. The molecule has 4 aromatic rings. The molecule has 5 nitrogen and oxygen atoms in total. The Kier molecular flexibility index (Phi) is 5.94. The lowest BCUT2D eigenvalue weighted by Gasteiger charge is -2.13. The van der Waals surface area contributed by atoms with Crippen LogP contribution in [0.15, 0.2) is 93.4 Å². The van der Waals surface area contributed by atoms with Crippen molar-refractivity contribution in [2.75, 3.05) is 0 Å². The molecule has 1 fully saturated rings. The number of rotatable bonds is 5. The third-order valence-electron chi connectivity index (χ3n) is 5.59. The van der Waals surface area contributed by atoms with E-state index in [1.165, 1.54) is 23.9 Å². The van der Waals surface area contributed by atoms with Crippen LogP contribution in [0.4, 0.5) is 10.1 Å². The Morgan fingerprint density at radius 2 is 1.85 bits per heavy atom. The number of carbonyl (C=O) groups is 1. The van der Waals surface area contributed by atoms with Gasteiger partial charge in [0.15, 0.2) is 5.17 Å². The molecule has 2 aromatic heterocycles. The fourth-order valence-corrected chi connectivity index (χ4v) is 4.98. The third-order valence-corrected chi connectivity index (χ3v) is 6.59. The standard InChI is InChI=1S/C27H22FN3O2S/c1-18-14-20(19(2)31(18)23-11-6-8-21(28)16-23)15-25-26(32)30(17-24-12-7-13-33-24)27(34-25)29-22-9-4-3-5-10-22/h3-16H,17H2,1-2H3. The first-order chi connectivity index (χ1) is 16.5. The molecular weight excluding hydrogens is 449 g/mol. The van der Waals surface area contributed by atoms with E-state index in [0.29, 0.717) is 22.4 Å². The number of para-hydroxylation sites is 1. The zero-order valence-corrected chi connectivity index (χ0v) is 19.6. The molecule has 0 radical (unpaired) electrons. The minimum atomic E-state index is -0.290. The van der Waals surface area contributed by atoms with Gasteiger partial charge in [-0.25, -0.2) is 9.38 Å². The summed E-state index contributed by atoms with van der Waals surface area (Å²) in [6.45, 7) is 4.23. The zero-order valence-electron chi connectivity index (χ0n) is 18.7. The molecule has 0 unspecified atom stereocenters. The van der Waals surface area contributed by atoms with Crippen LogP contribution in [0.2, 0.25) is 0 Å². The molecule has 34 heavy (non-hydrogen) atoms. The number of benzene rings is 2. The van der Waals surface area contributed by atoms with Crippen LogP contribution in [0, 0.1) is 19.7 Å². The van der Waals surface area contributed by atoms with Crippen molar-refractivity contribution in [3.05, 3.63) is 112 Å². The number of furan rings is 1. The SMILES string of the molecule is Cc1cc(C=C2SC(=Nc3ccccc3)N(Cc3ccco3)C2=O)c(C)n1-c1cccc(F)c1. The topological polar surface area (TPSA) is 50.7 Å². The first-order valence-electron chi connectivity index (χ1n) is 10.8. The second-order valence-corrected chi connectivity index (χ2v) is 8.96. The number of amidine groups is 1. The van der Waals surface area contributed by atoms with Gasteiger partial charge in [0.2, 0.25) is 0 Å². The van der Waals surface area contributed by atoms with Gasteiger partial charge in [-0.3, -0.25) is 9.69 Å². The minimum absolute atomic E-state index is 0.133. The van der Waals surface area contributed by atoms with Crippen LogP contribution in [0.25, 0.3) is 11.8 Å². The van der Waals surface area contributed by atoms with Gasteiger partial charge in [-0.15, -0.1) is 0 Å². The molecule has 0 bridgehead atoms. The summed E-state index contributed by atoms with van der Waals surface area (Å²) in [5.41, 5.74) is 4.30. The minimum Gasteiger partial charge on any atom is -0.467 e. The summed E-state index contributed by atoms with van der Waals surface area (Å²) < 4.78 is 21.3. The van der Waals surface area contributed by atoms with E-state index in [9.17, 15) is 9.18 Å². The van der Waals surface area contributed by atoms with E-state index in [0.717, 1.165) is 28.3 Å². The molecule has 1 amide bonds. The Bertz CT molecular complexity index is 1410. The molecule has 5 rings (SSSR count). The highest BCUT2D eigenvalue weighted by molar-refractivity contribution is 8.18. The van der Waals surface area contributed by atoms with Crippen molar-refractivity contribution < 1.29 is 13.6 Å². The second-order valence-electron chi connectivity index (χ2n) is 7.95. The van der Waals surface area contributed by atoms with Crippen LogP contribution in [0.1, 0.15) is 22.7 Å². The van der Waals surface area contributed by atoms with Crippen LogP contribution < -0.4 is 0 Å². The molecule has 1 aliphatic heterocycles. The van der Waals surface area contributed by atoms with Gasteiger partial charge in [0, 0.05) is 17.1 Å². The predicted molar refractivity (Wildman–Crippen MR) is 134 cm³/mol. The zero-order chi connectivity index (χ0) is 23.7. The van der Waals surface area contributed by atoms with Crippen molar-refractivity contribution in [2.24, 2.45) is 4.99 Å². The Morgan fingerprint density at radius 1 is 1.03 bits per heavy atom. The lowest BCUT2D eigenvalue weighted by atomic mass is 10.2. The van der Waals surface area contributed by atoms with Gasteiger partial charge in [-0.2, -0.15) is 0 Å². The Labute approximate surface area is 201 Å². The molecule has 1 aliphatic rings. The summed E-state index contributed by atoms with van der Waals surface area (Å²) in [6.07, 6.45) is 3.48. The van der Waals surface area contributed by atoms with Crippen LogP contribution in [-0.4, -0.2) is 20.5 Å². The maximum atomic E-state index is 13.8. The van der Waals surface area contributed by atoms with Crippen molar-refractivity contribution in [3.8, 4) is 5.69 Å². The first kappa shape index (κ1) is 22.0. The molecule has 0 atom stereocenters. The Balaban J connectivity index is 1.52. The predicted octanol–water partition coefficient (Wildman–Crippen LogP) is 6.63. The normalized spacial score (nSPS) is 16.2. The lowest BCUT2D eigenvalue weighted by Crippen LogP contribution is -2.28. The van der Waals surface area contributed by atoms with Gasteiger partial charge < -0.3 is 8.98 Å². The van der Waals surface area contributed by atoms with Crippen LogP contribution in [0.3, 0.4) is 0 Å². The van der Waals surface area contributed by atoms with Crippen molar-refractivity contribution in [1.29, 1.82) is 0 Å². The maximum absolute atomic E-state index is 13.8. The number of hydrogen-bond acceptors (Lipinski definition) is 4. The van der Waals surface area contributed by atoms with E-state index < -0.39 is 0 Å². The van der Waals surface area contributed by atoms with Crippen molar-refractivity contribution in [2.45, 2.75) is 20.4 Å². The number of aryl methyl sites for hydroxylation is 1. The summed E-state index contributed by atoms with van der Waals surface area (Å²) in [4.78, 5) is 20.3. The number of hydrogen-bond donors (Lipinski definition) is 0. The van der Waals surface area contributed by atoms with Gasteiger partial charge >= 0.3 is 0 Å². The molecule has 3 heterocycles. The molecule has 170 valence electrons. The molecule has 0 aliphatic carbocycles. The van der Waals surface area contributed by atoms with Gasteiger partial charge in [0.25, 0.3) is 5.91 Å². The highest BCUT2D eigenvalue weighted by Crippen LogP contribution is 2.36. The van der Waals surface area contributed by atoms with Gasteiger partial charge in [0.05, 0.1) is 23.4 Å². The fourth-order valence-electron chi connectivity index (χ4n) is 3.99. The van der Waals surface area contributed by atoms with E-state index in [1.807, 2.05) is 73.0 Å². The largest absolute Gasteiger partial charge is 0.467 e. The van der Waals surface area contributed by atoms with E-state index in [1.54, 1.807) is 23.3 Å². The van der Waals surface area contributed by atoms with E-state index in [2.05, 4.69) is 0 Å². The van der Waals surface area contributed by atoms with Crippen LogP contribution in [-0.2, 0) is 11.3 Å². The summed E-state index contributed by atoms with van der Waals surface area (Å²) in [5, 5.41) is 0.595. The smallest absolute Gasteiger partial charge is 0.267 e. The third kappa shape index (κ3) is 4.34. The van der Waals surface area contributed by atoms with E-state index in [4.69, 9.17) is 9.41 Å². The number of aromatic nitrogens is 1. The van der Waals surface area contributed by atoms with Gasteiger partial charge in [-0.05, 0) is 85.8 Å². The average molecular weight is 472 g/mol. The molecule has 2 aromatic carbocycles. The first-order valence-corrected chi connectivity index (χ1v) is 11.6. The summed E-state index contributed by atoms with van der Waals surface area (Å²) in [5.74, 6) is 0.258. The number of carbonyl (C=O) groups excluding carboxylic acids is 1. The van der Waals surface area contributed by atoms with E-state index in [-0.39, 0.29) is 11.7 Å². The number of thioether (sulfide) groups is 1. The van der Waals surface area contributed by atoms with Gasteiger partial charge in [-0.1, -0.05) is 24.3 Å². The summed E-state index contributed by atoms with van der Waals surface area (Å²) >= 11 is 1.34. The monoisotopic (exact) mass is 471 g/mol. The van der Waals surface area contributed by atoms with Gasteiger partial charge in [0.1, 0.15) is 11.6 Å². The average Bonchev–Trinajstić information content (AvgIpc) is 3.51. The highest BCUT2D eigenvalue weighted by atomic mass is 32.2. The molecule has 0 saturated carbocycles. The molecule has 7 heteroatoms.